The molecule has 0 radical (unpaired) electrons. The number of hydrogen-bond acceptors (Lipinski definition) is 3. The molecule has 3 rings (SSSR count). The molecule has 0 unspecified atom stereocenters. The van der Waals surface area contributed by atoms with Crippen molar-refractivity contribution in [2.45, 2.75) is 52.4 Å². The Morgan fingerprint density at radius 1 is 0.880 bits per heavy atom. The Bertz CT molecular complexity index is 638. The predicted octanol–water partition coefficient (Wildman–Crippen LogP) is 5.70. The third-order valence-electron chi connectivity index (χ3n) is 4.49. The summed E-state index contributed by atoms with van der Waals surface area (Å²) in [5, 5.41) is 9.46. The highest BCUT2D eigenvalue weighted by Gasteiger charge is 2.40. The molecule has 0 heterocycles. The van der Waals surface area contributed by atoms with E-state index in [2.05, 4.69) is 0 Å². The fourth-order valence-corrected chi connectivity index (χ4v) is 3.10. The van der Waals surface area contributed by atoms with Crippen molar-refractivity contribution in [3.63, 3.8) is 0 Å². The molecule has 1 aliphatic carbocycles. The van der Waals surface area contributed by atoms with Gasteiger partial charge in [0.15, 0.2) is 0 Å². The number of benzene rings is 2. The summed E-state index contributed by atoms with van der Waals surface area (Å²) in [5.74, 6) is -0.0249. The first kappa shape index (κ1) is 20.8. The van der Waals surface area contributed by atoms with Gasteiger partial charge in [0.2, 0.25) is 0 Å². The Hall–Kier alpha value is -2.29. The molecule has 0 spiro atoms. The molecule has 1 saturated carbocycles. The second-order valence-electron chi connectivity index (χ2n) is 5.55. The summed E-state index contributed by atoms with van der Waals surface area (Å²) in [6.07, 6.45) is 3.38. The zero-order valence-electron chi connectivity index (χ0n) is 16.0. The molecule has 3 heteroatoms. The van der Waals surface area contributed by atoms with E-state index in [0.717, 1.165) is 12.8 Å². The van der Waals surface area contributed by atoms with Gasteiger partial charge in [-0.05, 0) is 48.2 Å². The van der Waals surface area contributed by atoms with Crippen LogP contribution < -0.4 is 0 Å². The van der Waals surface area contributed by atoms with Crippen LogP contribution in [0.25, 0.3) is 0 Å². The van der Waals surface area contributed by atoms with E-state index >= 15 is 0 Å². The van der Waals surface area contributed by atoms with Gasteiger partial charge < -0.3 is 9.84 Å². The number of carbonyl (C=O) groups is 1. The van der Waals surface area contributed by atoms with Crippen LogP contribution in [-0.4, -0.2) is 18.2 Å². The van der Waals surface area contributed by atoms with Gasteiger partial charge >= 0.3 is 5.97 Å². The molecule has 0 bridgehead atoms. The van der Waals surface area contributed by atoms with E-state index in [1.54, 1.807) is 12.1 Å². The highest BCUT2D eigenvalue weighted by atomic mass is 16.5. The van der Waals surface area contributed by atoms with Crippen molar-refractivity contribution in [2.24, 2.45) is 0 Å². The van der Waals surface area contributed by atoms with Gasteiger partial charge in [0, 0.05) is 5.41 Å². The first-order valence-electron chi connectivity index (χ1n) is 9.14. The largest absolute Gasteiger partial charge is 0.508 e. The number of esters is 1. The van der Waals surface area contributed by atoms with E-state index < -0.39 is 0 Å². The summed E-state index contributed by atoms with van der Waals surface area (Å²) < 4.78 is 4.73. The van der Waals surface area contributed by atoms with Crippen molar-refractivity contribution in [1.82, 2.24) is 0 Å². The van der Waals surface area contributed by atoms with Crippen molar-refractivity contribution in [2.75, 3.05) is 7.11 Å². The summed E-state index contributed by atoms with van der Waals surface area (Å²) in [7, 11) is 1.39. The van der Waals surface area contributed by atoms with Gasteiger partial charge in [0.05, 0.1) is 12.7 Å². The van der Waals surface area contributed by atoms with E-state index in [1.165, 1.54) is 24.7 Å². The summed E-state index contributed by atoms with van der Waals surface area (Å²) in [4.78, 5) is 11.5. The Labute approximate surface area is 151 Å². The number of carbonyl (C=O) groups excluding carboxylic acids is 1. The highest BCUT2D eigenvalue weighted by molar-refractivity contribution is 5.89. The van der Waals surface area contributed by atoms with E-state index in [-0.39, 0.29) is 17.1 Å². The maximum Gasteiger partial charge on any atom is 0.337 e. The lowest BCUT2D eigenvalue weighted by atomic mass is 9.60. The average molecular weight is 342 g/mol. The minimum atomic E-state index is -0.311. The fraction of sp³-hybridized carbons (Fsp3) is 0.409. The molecular formula is C22H30O3. The van der Waals surface area contributed by atoms with Crippen LogP contribution in [0, 0.1) is 0 Å². The molecule has 25 heavy (non-hydrogen) atoms. The zero-order chi connectivity index (χ0) is 18.9. The van der Waals surface area contributed by atoms with Crippen LogP contribution >= 0.6 is 0 Å². The van der Waals surface area contributed by atoms with Gasteiger partial charge in [-0.25, -0.2) is 4.79 Å². The fourth-order valence-electron chi connectivity index (χ4n) is 3.10. The van der Waals surface area contributed by atoms with Gasteiger partial charge in [0.25, 0.3) is 0 Å². The Morgan fingerprint density at radius 2 is 1.32 bits per heavy atom. The van der Waals surface area contributed by atoms with E-state index in [4.69, 9.17) is 4.74 Å². The molecule has 0 aromatic heterocycles. The Kier molecular flexibility index (Phi) is 8.20. The number of aromatic hydroxyl groups is 1. The normalized spacial score (nSPS) is 14.0. The van der Waals surface area contributed by atoms with E-state index in [1.807, 2.05) is 64.1 Å². The molecule has 2 aromatic rings. The summed E-state index contributed by atoms with van der Waals surface area (Å²) in [6.45, 7) is 8.00. The molecule has 1 aliphatic rings. The number of methoxy groups -OCH3 is 1. The van der Waals surface area contributed by atoms with Crippen molar-refractivity contribution in [3.8, 4) is 5.75 Å². The van der Waals surface area contributed by atoms with Crippen LogP contribution in [-0.2, 0) is 10.2 Å². The first-order chi connectivity index (χ1) is 12.2. The number of phenolic OH excluding ortho intramolecular Hbond substituents is 1. The van der Waals surface area contributed by atoms with Gasteiger partial charge in [-0.15, -0.1) is 0 Å². The van der Waals surface area contributed by atoms with Crippen LogP contribution in [0.4, 0.5) is 0 Å². The van der Waals surface area contributed by atoms with Gasteiger partial charge in [-0.1, -0.05) is 58.4 Å². The van der Waals surface area contributed by atoms with Crippen LogP contribution in [0.2, 0.25) is 0 Å². The van der Waals surface area contributed by atoms with Crippen molar-refractivity contribution >= 4 is 5.97 Å². The molecule has 1 N–H and O–H groups in total. The van der Waals surface area contributed by atoms with E-state index in [0.29, 0.717) is 5.56 Å². The molecule has 3 nitrogen and oxygen atoms in total. The Balaban J connectivity index is 0.000000730. The SMILES string of the molecule is CC.CC.COC(=O)c1ccc(C2(c3ccc(O)cc3)CCC2)cc1. The van der Waals surface area contributed by atoms with Crippen LogP contribution in [0.15, 0.2) is 48.5 Å². The minimum absolute atomic E-state index is 0.0162. The zero-order valence-corrected chi connectivity index (χ0v) is 16.0. The van der Waals surface area contributed by atoms with Crippen LogP contribution in [0.5, 0.6) is 5.75 Å². The number of hydrogen-bond donors (Lipinski definition) is 1. The van der Waals surface area contributed by atoms with Crippen molar-refractivity contribution in [3.05, 3.63) is 65.2 Å². The van der Waals surface area contributed by atoms with Crippen LogP contribution in [0.3, 0.4) is 0 Å². The molecule has 0 saturated heterocycles. The Morgan fingerprint density at radius 3 is 1.68 bits per heavy atom. The predicted molar refractivity (Wildman–Crippen MR) is 103 cm³/mol. The molecule has 0 atom stereocenters. The molecular weight excluding hydrogens is 312 g/mol. The maximum atomic E-state index is 11.5. The second kappa shape index (κ2) is 9.87. The maximum absolute atomic E-state index is 11.5. The third-order valence-corrected chi connectivity index (χ3v) is 4.49. The lowest BCUT2D eigenvalue weighted by Crippen LogP contribution is -2.35. The van der Waals surface area contributed by atoms with E-state index in [9.17, 15) is 9.90 Å². The third kappa shape index (κ3) is 4.41. The van der Waals surface area contributed by atoms with Crippen molar-refractivity contribution < 1.29 is 14.6 Å². The van der Waals surface area contributed by atoms with Gasteiger partial charge in [0.1, 0.15) is 5.75 Å². The summed E-state index contributed by atoms with van der Waals surface area (Å²) in [5.41, 5.74) is 3.02. The topological polar surface area (TPSA) is 46.5 Å². The lowest BCUT2D eigenvalue weighted by Gasteiger charge is -2.43. The molecule has 2 aromatic carbocycles. The number of phenols is 1. The summed E-state index contributed by atoms with van der Waals surface area (Å²) >= 11 is 0. The number of rotatable bonds is 3. The average Bonchev–Trinajstić information content (AvgIpc) is 2.65. The monoisotopic (exact) mass is 342 g/mol. The molecule has 0 aliphatic heterocycles. The van der Waals surface area contributed by atoms with Gasteiger partial charge in [-0.3, -0.25) is 0 Å². The molecule has 136 valence electrons. The van der Waals surface area contributed by atoms with Gasteiger partial charge in [-0.2, -0.15) is 0 Å². The second-order valence-corrected chi connectivity index (χ2v) is 5.55. The van der Waals surface area contributed by atoms with Crippen molar-refractivity contribution in [1.29, 1.82) is 0 Å². The number of ether oxygens (including phenoxy) is 1. The quantitative estimate of drug-likeness (QED) is 0.728. The molecule has 0 amide bonds. The van der Waals surface area contributed by atoms with Crippen LogP contribution in [0.1, 0.15) is 68.4 Å². The summed E-state index contributed by atoms with van der Waals surface area (Å²) in [6, 6.07) is 15.1. The standard InChI is InChI=1S/C18H18O3.2C2H6/c1-21-17(20)13-3-5-14(6-4-13)18(11-2-12-18)15-7-9-16(19)10-8-15;2*1-2/h3-10,19H,2,11-12H2,1H3;2*1-2H3. The lowest BCUT2D eigenvalue weighted by molar-refractivity contribution is 0.0600. The first-order valence-corrected chi connectivity index (χ1v) is 9.14. The molecule has 1 fully saturated rings. The smallest absolute Gasteiger partial charge is 0.337 e. The highest BCUT2D eigenvalue weighted by Crippen LogP contribution is 2.49. The minimum Gasteiger partial charge on any atom is -0.508 e.